The van der Waals surface area contributed by atoms with Gasteiger partial charge in [-0.05, 0) is 20.8 Å². The van der Waals surface area contributed by atoms with Gasteiger partial charge in [-0.15, -0.1) is 0 Å². The molecule has 0 aromatic carbocycles. The van der Waals surface area contributed by atoms with Gasteiger partial charge in [0, 0.05) is 23.5 Å². The van der Waals surface area contributed by atoms with E-state index < -0.39 is 11.5 Å². The zero-order chi connectivity index (χ0) is 14.1. The first-order valence-corrected chi connectivity index (χ1v) is 6.73. The van der Waals surface area contributed by atoms with Gasteiger partial charge in [0.1, 0.15) is 11.4 Å². The minimum absolute atomic E-state index is 0.123. The number of aromatic nitrogens is 2. The molecule has 0 unspecified atom stereocenters. The van der Waals surface area contributed by atoms with Crippen molar-refractivity contribution in [2.24, 2.45) is 0 Å². The Morgan fingerprint density at radius 2 is 1.89 bits per heavy atom. The molecule has 0 bridgehead atoms. The predicted molar refractivity (Wildman–Crippen MR) is 73.3 cm³/mol. The number of carbonyl (C=O) groups is 1. The monoisotopic (exact) mass is 271 g/mol. The third kappa shape index (κ3) is 2.80. The maximum Gasteiger partial charge on any atom is 0.329 e. The molecular formula is C12H21N3O2S. The molecule has 0 amide bonds. The van der Waals surface area contributed by atoms with E-state index in [1.165, 1.54) is 11.5 Å². The van der Waals surface area contributed by atoms with E-state index in [1.54, 1.807) is 18.7 Å². The lowest BCUT2D eigenvalue weighted by atomic mass is 9.96. The fourth-order valence-corrected chi connectivity index (χ4v) is 2.58. The second kappa shape index (κ2) is 4.84. The quantitative estimate of drug-likeness (QED) is 0.911. The van der Waals surface area contributed by atoms with E-state index in [-0.39, 0.29) is 5.41 Å². The van der Waals surface area contributed by atoms with Gasteiger partial charge in [-0.25, -0.2) is 9.78 Å². The highest BCUT2D eigenvalue weighted by atomic mass is 32.1. The van der Waals surface area contributed by atoms with Gasteiger partial charge < -0.3 is 10.0 Å². The average molecular weight is 271 g/mol. The average Bonchev–Trinajstić information content (AvgIpc) is 2.66. The van der Waals surface area contributed by atoms with E-state index in [4.69, 9.17) is 0 Å². The number of nitrogens with zero attached hydrogens (tertiary/aromatic N) is 3. The minimum atomic E-state index is -0.983. The van der Waals surface area contributed by atoms with Crippen LogP contribution in [0.1, 0.15) is 47.4 Å². The van der Waals surface area contributed by atoms with Gasteiger partial charge in [0.2, 0.25) is 5.13 Å². The number of carboxylic acid groups (broad SMARTS) is 1. The van der Waals surface area contributed by atoms with Crippen LogP contribution in [0.2, 0.25) is 0 Å². The lowest BCUT2D eigenvalue weighted by molar-refractivity contribution is -0.142. The molecule has 0 fully saturated rings. The molecule has 0 spiro atoms. The maximum absolute atomic E-state index is 11.3. The summed E-state index contributed by atoms with van der Waals surface area (Å²) in [6.45, 7) is 12.0. The number of rotatable bonds is 4. The summed E-state index contributed by atoms with van der Waals surface area (Å²) < 4.78 is 4.33. The highest BCUT2D eigenvalue weighted by molar-refractivity contribution is 7.09. The molecular weight excluding hydrogens is 250 g/mol. The summed E-state index contributed by atoms with van der Waals surface area (Å²) in [6.07, 6.45) is 0. The molecule has 0 saturated carbocycles. The second-order valence-corrected chi connectivity index (χ2v) is 6.49. The van der Waals surface area contributed by atoms with Crippen LogP contribution in [0.15, 0.2) is 0 Å². The second-order valence-electron chi connectivity index (χ2n) is 5.76. The Hall–Kier alpha value is -1.17. The largest absolute Gasteiger partial charge is 0.480 e. The molecule has 1 rings (SSSR count). The first-order chi connectivity index (χ1) is 8.10. The van der Waals surface area contributed by atoms with Gasteiger partial charge in [-0.1, -0.05) is 20.8 Å². The van der Waals surface area contributed by atoms with E-state index in [0.29, 0.717) is 11.7 Å². The van der Waals surface area contributed by atoms with Gasteiger partial charge in [-0.2, -0.15) is 4.37 Å². The van der Waals surface area contributed by atoms with Crippen molar-refractivity contribution < 1.29 is 9.90 Å². The Morgan fingerprint density at radius 3 is 2.22 bits per heavy atom. The Bertz CT molecular complexity index is 435. The summed E-state index contributed by atoms with van der Waals surface area (Å²) in [7, 11) is 0. The van der Waals surface area contributed by atoms with Gasteiger partial charge in [-0.3, -0.25) is 0 Å². The van der Waals surface area contributed by atoms with Crippen LogP contribution in [0.5, 0.6) is 0 Å². The summed E-state index contributed by atoms with van der Waals surface area (Å²) in [6, 6.07) is 0. The van der Waals surface area contributed by atoms with Crippen LogP contribution in [0, 0.1) is 0 Å². The molecule has 1 aromatic rings. The van der Waals surface area contributed by atoms with Crippen molar-refractivity contribution >= 4 is 22.6 Å². The van der Waals surface area contributed by atoms with Gasteiger partial charge in [0.05, 0.1) is 0 Å². The predicted octanol–water partition coefficient (Wildman–Crippen LogP) is 2.53. The van der Waals surface area contributed by atoms with Crippen molar-refractivity contribution in [3.63, 3.8) is 0 Å². The smallest absolute Gasteiger partial charge is 0.329 e. The molecule has 1 aromatic heterocycles. The van der Waals surface area contributed by atoms with Crippen molar-refractivity contribution in [2.45, 2.75) is 52.5 Å². The number of carboxylic acids is 1. The topological polar surface area (TPSA) is 66.3 Å². The Labute approximate surface area is 112 Å². The van der Waals surface area contributed by atoms with Crippen molar-refractivity contribution in [1.29, 1.82) is 0 Å². The van der Waals surface area contributed by atoms with E-state index in [0.717, 1.165) is 5.82 Å². The zero-order valence-corrected chi connectivity index (χ0v) is 12.6. The molecule has 0 saturated heterocycles. The lowest BCUT2D eigenvalue weighted by Crippen LogP contribution is -2.50. The Morgan fingerprint density at radius 1 is 1.33 bits per heavy atom. The van der Waals surface area contributed by atoms with Crippen LogP contribution in [0.3, 0.4) is 0 Å². The Balaban J connectivity index is 3.12. The van der Waals surface area contributed by atoms with Crippen molar-refractivity contribution in [2.75, 3.05) is 11.4 Å². The molecule has 0 aliphatic carbocycles. The van der Waals surface area contributed by atoms with Crippen LogP contribution in [0.25, 0.3) is 0 Å². The van der Waals surface area contributed by atoms with Crippen LogP contribution in [-0.2, 0) is 10.2 Å². The van der Waals surface area contributed by atoms with Crippen LogP contribution < -0.4 is 4.90 Å². The Kier molecular flexibility index (Phi) is 4.00. The summed E-state index contributed by atoms with van der Waals surface area (Å²) in [5.41, 5.74) is -1.11. The fraction of sp³-hybridized carbons (Fsp3) is 0.750. The van der Waals surface area contributed by atoms with Crippen molar-refractivity contribution in [3.05, 3.63) is 5.82 Å². The summed E-state index contributed by atoms with van der Waals surface area (Å²) >= 11 is 1.25. The van der Waals surface area contributed by atoms with Crippen LogP contribution >= 0.6 is 11.5 Å². The lowest BCUT2D eigenvalue weighted by Gasteiger charge is -2.33. The molecule has 6 heteroatoms. The summed E-state index contributed by atoms with van der Waals surface area (Å²) in [5, 5.41) is 9.95. The number of anilines is 1. The highest BCUT2D eigenvalue weighted by Gasteiger charge is 2.36. The highest BCUT2D eigenvalue weighted by Crippen LogP contribution is 2.29. The number of aliphatic carboxylic acids is 1. The van der Waals surface area contributed by atoms with Crippen LogP contribution in [0.4, 0.5) is 5.13 Å². The van der Waals surface area contributed by atoms with Gasteiger partial charge in [0.25, 0.3) is 0 Å². The third-order valence-corrected chi connectivity index (χ3v) is 3.57. The minimum Gasteiger partial charge on any atom is -0.480 e. The van der Waals surface area contributed by atoms with Gasteiger partial charge >= 0.3 is 5.97 Å². The maximum atomic E-state index is 11.3. The SMILES string of the molecule is CCN(c1nc(C(C)(C)C)ns1)C(C)(C)C(=O)O. The molecule has 0 atom stereocenters. The number of hydrogen-bond acceptors (Lipinski definition) is 5. The van der Waals surface area contributed by atoms with Crippen molar-refractivity contribution in [1.82, 2.24) is 9.36 Å². The first-order valence-electron chi connectivity index (χ1n) is 5.96. The molecule has 1 N–H and O–H groups in total. The molecule has 1 heterocycles. The van der Waals surface area contributed by atoms with Gasteiger partial charge in [0.15, 0.2) is 0 Å². The van der Waals surface area contributed by atoms with E-state index >= 15 is 0 Å². The summed E-state index contributed by atoms with van der Waals surface area (Å²) in [4.78, 5) is 17.6. The normalized spacial score (nSPS) is 12.6. The molecule has 5 nitrogen and oxygen atoms in total. The number of likely N-dealkylation sites (N-methyl/N-ethyl adjacent to an activating group) is 1. The van der Waals surface area contributed by atoms with E-state index in [2.05, 4.69) is 9.36 Å². The molecule has 0 aliphatic rings. The molecule has 102 valence electrons. The fourth-order valence-electron chi connectivity index (χ4n) is 1.51. The first kappa shape index (κ1) is 14.9. The van der Waals surface area contributed by atoms with E-state index in [1.807, 2.05) is 27.7 Å². The standard InChI is InChI=1S/C12H21N3O2S/c1-7-15(12(5,6)9(16)17)10-13-8(14-18-10)11(2,3)4/h7H2,1-6H3,(H,16,17). The third-order valence-electron chi connectivity index (χ3n) is 2.83. The molecule has 0 aliphatic heterocycles. The summed E-state index contributed by atoms with van der Waals surface area (Å²) in [5.74, 6) is -0.112. The zero-order valence-electron chi connectivity index (χ0n) is 11.8. The molecule has 0 radical (unpaired) electrons. The van der Waals surface area contributed by atoms with Crippen LogP contribution in [-0.4, -0.2) is 32.5 Å². The van der Waals surface area contributed by atoms with E-state index in [9.17, 15) is 9.90 Å². The van der Waals surface area contributed by atoms with Crippen molar-refractivity contribution in [3.8, 4) is 0 Å². The number of hydrogen-bond donors (Lipinski definition) is 1. The molecule has 18 heavy (non-hydrogen) atoms.